The molecule has 2 rings (SSSR count). The Labute approximate surface area is 67.7 Å². The van der Waals surface area contributed by atoms with E-state index in [1.54, 1.807) is 0 Å². The predicted octanol–water partition coefficient (Wildman–Crippen LogP) is 0.0634. The third-order valence-electron chi connectivity index (χ3n) is 3.38. The Balaban J connectivity index is 2.04. The first-order chi connectivity index (χ1) is 5.23. The quantitative estimate of drug-likeness (QED) is 0.486. The first kappa shape index (κ1) is 7.53. The largest absolute Gasteiger partial charge is 0.327 e. The fourth-order valence-corrected chi connectivity index (χ4v) is 2.37. The maximum Gasteiger partial charge on any atom is 0.0200 e. The summed E-state index contributed by atoms with van der Waals surface area (Å²) in [5, 5.41) is 1.93. The minimum absolute atomic E-state index is 0.410. The monoisotopic (exact) mass is 155 g/mol. The molecule has 0 aromatic carbocycles. The van der Waals surface area contributed by atoms with Gasteiger partial charge in [0.05, 0.1) is 0 Å². The molecule has 1 saturated heterocycles. The normalized spacial score (nSPS) is 37.1. The lowest BCUT2D eigenvalue weighted by Crippen LogP contribution is -2.60. The Hall–Kier alpha value is -0.120. The number of hydrogen-bond donors (Lipinski definition) is 2. The van der Waals surface area contributed by atoms with Crippen LogP contribution in [0.3, 0.4) is 0 Å². The number of nitrogens with zero attached hydrogens (tertiary/aromatic N) is 1. The van der Waals surface area contributed by atoms with E-state index in [0.29, 0.717) is 11.5 Å². The van der Waals surface area contributed by atoms with Crippen LogP contribution in [0.4, 0.5) is 0 Å². The zero-order chi connectivity index (χ0) is 7.90. The van der Waals surface area contributed by atoms with E-state index in [4.69, 9.17) is 11.6 Å². The van der Waals surface area contributed by atoms with Gasteiger partial charge in [-0.2, -0.15) is 0 Å². The average Bonchev–Trinajstić information content (AvgIpc) is 1.91. The molecular weight excluding hydrogens is 138 g/mol. The van der Waals surface area contributed by atoms with E-state index in [1.807, 2.05) is 5.01 Å². The summed E-state index contributed by atoms with van der Waals surface area (Å²) in [5.74, 6) is 5.76. The fraction of sp³-hybridized carbons (Fsp3) is 1.00. The number of nitrogens with two attached hydrogens (primary N) is 2. The molecule has 3 nitrogen and oxygen atoms in total. The van der Waals surface area contributed by atoms with Crippen LogP contribution in [0.5, 0.6) is 0 Å². The van der Waals surface area contributed by atoms with Gasteiger partial charge < -0.3 is 5.73 Å². The van der Waals surface area contributed by atoms with Crippen LogP contribution in [-0.2, 0) is 0 Å². The van der Waals surface area contributed by atoms with E-state index in [0.717, 1.165) is 19.5 Å². The van der Waals surface area contributed by atoms with Gasteiger partial charge in [0, 0.05) is 19.1 Å². The summed E-state index contributed by atoms with van der Waals surface area (Å²) in [4.78, 5) is 0. The van der Waals surface area contributed by atoms with Crippen molar-refractivity contribution >= 4 is 0 Å². The number of rotatable bonds is 0. The molecule has 2 fully saturated rings. The maximum atomic E-state index is 6.06. The first-order valence-corrected chi connectivity index (χ1v) is 4.48. The van der Waals surface area contributed by atoms with Crippen molar-refractivity contribution in [2.24, 2.45) is 17.0 Å². The minimum Gasteiger partial charge on any atom is -0.327 e. The van der Waals surface area contributed by atoms with E-state index in [9.17, 15) is 0 Å². The van der Waals surface area contributed by atoms with Gasteiger partial charge in [-0.1, -0.05) is 6.42 Å². The Bertz CT molecular complexity index is 153. The molecule has 0 bridgehead atoms. The highest BCUT2D eigenvalue weighted by Gasteiger charge is 2.45. The molecule has 1 heterocycles. The van der Waals surface area contributed by atoms with E-state index >= 15 is 0 Å². The Morgan fingerprint density at radius 2 is 2.09 bits per heavy atom. The summed E-state index contributed by atoms with van der Waals surface area (Å²) in [5.41, 5.74) is 6.46. The highest BCUT2D eigenvalue weighted by molar-refractivity contribution is 5.00. The molecule has 4 N–H and O–H groups in total. The molecule has 1 spiro atoms. The van der Waals surface area contributed by atoms with Gasteiger partial charge >= 0.3 is 0 Å². The Morgan fingerprint density at radius 1 is 1.36 bits per heavy atom. The molecule has 11 heavy (non-hydrogen) atoms. The zero-order valence-electron chi connectivity index (χ0n) is 6.92. The Kier molecular flexibility index (Phi) is 1.67. The second kappa shape index (κ2) is 2.44. The first-order valence-electron chi connectivity index (χ1n) is 4.48. The fourth-order valence-electron chi connectivity index (χ4n) is 2.37. The molecule has 1 saturated carbocycles. The van der Waals surface area contributed by atoms with E-state index < -0.39 is 0 Å². The summed E-state index contributed by atoms with van der Waals surface area (Å²) in [6.07, 6.45) is 5.02. The van der Waals surface area contributed by atoms with Crippen LogP contribution >= 0.6 is 0 Å². The van der Waals surface area contributed by atoms with Gasteiger partial charge in [0.15, 0.2) is 0 Å². The van der Waals surface area contributed by atoms with Crippen molar-refractivity contribution in [3.05, 3.63) is 0 Å². The van der Waals surface area contributed by atoms with Crippen LogP contribution in [0, 0.1) is 5.41 Å². The van der Waals surface area contributed by atoms with Crippen molar-refractivity contribution in [1.82, 2.24) is 5.01 Å². The third kappa shape index (κ3) is 1.08. The highest BCUT2D eigenvalue weighted by Crippen LogP contribution is 2.46. The Morgan fingerprint density at radius 3 is 2.55 bits per heavy atom. The minimum atomic E-state index is 0.410. The molecule has 1 aliphatic carbocycles. The van der Waals surface area contributed by atoms with Gasteiger partial charge in [-0.25, -0.2) is 5.01 Å². The topological polar surface area (TPSA) is 55.3 Å². The standard InChI is InChI=1S/C8H17N3/c9-7-2-5-11(10)6-8(7)3-1-4-8/h7H,1-6,9-10H2. The SMILES string of the molecule is NC1CCN(N)CC12CCC2. The van der Waals surface area contributed by atoms with Crippen molar-refractivity contribution in [1.29, 1.82) is 0 Å². The van der Waals surface area contributed by atoms with Crippen molar-refractivity contribution in [3.8, 4) is 0 Å². The second-order valence-corrected chi connectivity index (χ2v) is 4.08. The molecule has 2 aliphatic rings. The molecule has 3 heteroatoms. The van der Waals surface area contributed by atoms with Gasteiger partial charge in [0.2, 0.25) is 0 Å². The molecule has 0 amide bonds. The van der Waals surface area contributed by atoms with E-state index in [-0.39, 0.29) is 0 Å². The second-order valence-electron chi connectivity index (χ2n) is 4.08. The van der Waals surface area contributed by atoms with Crippen LogP contribution in [0.1, 0.15) is 25.7 Å². The lowest BCUT2D eigenvalue weighted by molar-refractivity contribution is 0.000336. The lowest BCUT2D eigenvalue weighted by atomic mass is 9.62. The van der Waals surface area contributed by atoms with Crippen molar-refractivity contribution in [2.75, 3.05) is 13.1 Å². The predicted molar refractivity (Wildman–Crippen MR) is 44.6 cm³/mol. The summed E-state index contributed by atoms with van der Waals surface area (Å²) in [6, 6.07) is 0.413. The summed E-state index contributed by atoms with van der Waals surface area (Å²) in [6.45, 7) is 2.00. The van der Waals surface area contributed by atoms with Crippen LogP contribution in [0.2, 0.25) is 0 Å². The van der Waals surface area contributed by atoms with Crippen molar-refractivity contribution in [3.63, 3.8) is 0 Å². The molecular formula is C8H17N3. The molecule has 1 aliphatic heterocycles. The third-order valence-corrected chi connectivity index (χ3v) is 3.38. The van der Waals surface area contributed by atoms with Gasteiger partial charge in [-0.15, -0.1) is 0 Å². The van der Waals surface area contributed by atoms with E-state index in [1.165, 1.54) is 19.3 Å². The number of hydrogen-bond acceptors (Lipinski definition) is 3. The summed E-state index contributed by atoms with van der Waals surface area (Å²) >= 11 is 0. The van der Waals surface area contributed by atoms with Crippen molar-refractivity contribution < 1.29 is 0 Å². The van der Waals surface area contributed by atoms with Gasteiger partial charge in [-0.05, 0) is 24.7 Å². The number of hydrazine groups is 1. The number of piperidine rings is 1. The van der Waals surface area contributed by atoms with E-state index in [2.05, 4.69) is 0 Å². The van der Waals surface area contributed by atoms with Crippen molar-refractivity contribution in [2.45, 2.75) is 31.7 Å². The van der Waals surface area contributed by atoms with Gasteiger partial charge in [0.25, 0.3) is 0 Å². The maximum absolute atomic E-state index is 6.06. The molecule has 1 unspecified atom stereocenters. The molecule has 1 atom stereocenters. The van der Waals surface area contributed by atoms with Gasteiger partial charge in [0.1, 0.15) is 0 Å². The lowest BCUT2D eigenvalue weighted by Gasteiger charge is -2.51. The zero-order valence-corrected chi connectivity index (χ0v) is 6.92. The highest BCUT2D eigenvalue weighted by atomic mass is 15.4. The van der Waals surface area contributed by atoms with Crippen LogP contribution in [-0.4, -0.2) is 24.1 Å². The van der Waals surface area contributed by atoms with Crippen LogP contribution in [0.15, 0.2) is 0 Å². The molecule has 0 aromatic rings. The average molecular weight is 155 g/mol. The van der Waals surface area contributed by atoms with Crippen LogP contribution in [0.25, 0.3) is 0 Å². The molecule has 0 aromatic heterocycles. The molecule has 64 valence electrons. The van der Waals surface area contributed by atoms with Gasteiger partial charge in [-0.3, -0.25) is 5.84 Å². The molecule has 0 radical (unpaired) electrons. The smallest absolute Gasteiger partial charge is 0.0200 e. The summed E-state index contributed by atoms with van der Waals surface area (Å²) in [7, 11) is 0. The van der Waals surface area contributed by atoms with Crippen LogP contribution < -0.4 is 11.6 Å². The summed E-state index contributed by atoms with van der Waals surface area (Å²) < 4.78 is 0.